The number of hydrogen-bond donors (Lipinski definition) is 1. The number of aryl methyl sites for hydroxylation is 1. The number of fused-ring (bicyclic) bond motifs is 1. The number of hydrogen-bond acceptors (Lipinski definition) is 4. The fraction of sp³-hybridized carbons (Fsp3) is 0.500. The van der Waals surface area contributed by atoms with Crippen LogP contribution in [-0.2, 0) is 17.8 Å². The van der Waals surface area contributed by atoms with E-state index < -0.39 is 0 Å². The van der Waals surface area contributed by atoms with Crippen molar-refractivity contribution in [1.82, 2.24) is 14.9 Å². The molecule has 128 valence electrons. The van der Waals surface area contributed by atoms with Gasteiger partial charge in [0.05, 0.1) is 11.7 Å². The Labute approximate surface area is 145 Å². The number of nitrogens with zero attached hydrogens (tertiary/aromatic N) is 2. The van der Waals surface area contributed by atoms with Gasteiger partial charge in [-0.15, -0.1) is 11.3 Å². The van der Waals surface area contributed by atoms with Crippen LogP contribution in [0.25, 0.3) is 10.2 Å². The number of carbonyl (C=O) groups is 1. The molecule has 0 aliphatic heterocycles. The molecule has 0 spiro atoms. The standard InChI is InChI=1S/C18H23N3O2S/c1-2-14-10-15-17(24-14)20-12-21(18(15)23)11-16(22)19-9-8-13-6-4-3-5-7-13/h6,10,12H,2-5,7-9,11H2,1H3,(H,19,22). The lowest BCUT2D eigenvalue weighted by atomic mass is 9.97. The van der Waals surface area contributed by atoms with Crippen molar-refractivity contribution < 1.29 is 4.79 Å². The van der Waals surface area contributed by atoms with Crippen LogP contribution in [0.5, 0.6) is 0 Å². The van der Waals surface area contributed by atoms with Gasteiger partial charge in [0.2, 0.25) is 5.91 Å². The molecule has 1 N–H and O–H groups in total. The van der Waals surface area contributed by atoms with Crippen molar-refractivity contribution in [1.29, 1.82) is 0 Å². The summed E-state index contributed by atoms with van der Waals surface area (Å²) in [5.74, 6) is -0.138. The van der Waals surface area contributed by atoms with Crippen molar-refractivity contribution in [3.8, 4) is 0 Å². The number of allylic oxidation sites excluding steroid dienone is 1. The second kappa shape index (κ2) is 7.75. The largest absolute Gasteiger partial charge is 0.354 e. The van der Waals surface area contributed by atoms with Gasteiger partial charge in [-0.05, 0) is 44.6 Å². The van der Waals surface area contributed by atoms with Crippen LogP contribution in [0.15, 0.2) is 28.8 Å². The Kier molecular flexibility index (Phi) is 5.45. The number of thiophene rings is 1. The third-order valence-electron chi connectivity index (χ3n) is 4.38. The van der Waals surface area contributed by atoms with Crippen molar-refractivity contribution in [2.75, 3.05) is 6.54 Å². The SMILES string of the molecule is CCc1cc2c(=O)n(CC(=O)NCCC3=CCCCC3)cnc2s1. The molecule has 5 nitrogen and oxygen atoms in total. The molecular formula is C18H23N3O2S. The normalized spacial score (nSPS) is 14.6. The van der Waals surface area contributed by atoms with Gasteiger partial charge < -0.3 is 5.32 Å². The second-order valence-corrected chi connectivity index (χ2v) is 7.29. The summed E-state index contributed by atoms with van der Waals surface area (Å²) < 4.78 is 1.39. The lowest BCUT2D eigenvalue weighted by molar-refractivity contribution is -0.121. The smallest absolute Gasteiger partial charge is 0.262 e. The lowest BCUT2D eigenvalue weighted by Crippen LogP contribution is -2.33. The van der Waals surface area contributed by atoms with Crippen LogP contribution in [0.4, 0.5) is 0 Å². The van der Waals surface area contributed by atoms with Gasteiger partial charge in [0.1, 0.15) is 11.4 Å². The van der Waals surface area contributed by atoms with Gasteiger partial charge in [0, 0.05) is 11.4 Å². The highest BCUT2D eigenvalue weighted by molar-refractivity contribution is 7.18. The molecule has 1 aliphatic rings. The van der Waals surface area contributed by atoms with Gasteiger partial charge in [0.25, 0.3) is 5.56 Å². The predicted molar refractivity (Wildman–Crippen MR) is 97.4 cm³/mol. The van der Waals surface area contributed by atoms with Gasteiger partial charge in [-0.3, -0.25) is 14.2 Å². The summed E-state index contributed by atoms with van der Waals surface area (Å²) in [5.41, 5.74) is 1.30. The Morgan fingerprint density at radius 1 is 1.42 bits per heavy atom. The average Bonchev–Trinajstić information content (AvgIpc) is 3.03. The zero-order valence-corrected chi connectivity index (χ0v) is 14.8. The van der Waals surface area contributed by atoms with Gasteiger partial charge in [-0.2, -0.15) is 0 Å². The van der Waals surface area contributed by atoms with Crippen LogP contribution in [-0.4, -0.2) is 22.0 Å². The fourth-order valence-corrected chi connectivity index (χ4v) is 3.93. The minimum atomic E-state index is -0.138. The molecule has 0 saturated heterocycles. The third-order valence-corrected chi connectivity index (χ3v) is 5.57. The Morgan fingerprint density at radius 2 is 2.29 bits per heavy atom. The van der Waals surface area contributed by atoms with Gasteiger partial charge in [-0.1, -0.05) is 18.6 Å². The Hall–Kier alpha value is -1.95. The van der Waals surface area contributed by atoms with Crippen LogP contribution < -0.4 is 10.9 Å². The molecule has 1 amide bonds. The number of amides is 1. The summed E-state index contributed by atoms with van der Waals surface area (Å²) in [5, 5.41) is 3.52. The highest BCUT2D eigenvalue weighted by Crippen LogP contribution is 2.21. The molecule has 0 bridgehead atoms. The van der Waals surface area contributed by atoms with Crippen molar-refractivity contribution in [3.05, 3.63) is 39.3 Å². The highest BCUT2D eigenvalue weighted by atomic mass is 32.1. The molecule has 24 heavy (non-hydrogen) atoms. The van der Waals surface area contributed by atoms with E-state index in [4.69, 9.17) is 0 Å². The van der Waals surface area contributed by atoms with E-state index in [9.17, 15) is 9.59 Å². The van der Waals surface area contributed by atoms with E-state index in [1.165, 1.54) is 40.6 Å². The topological polar surface area (TPSA) is 64.0 Å². The first kappa shape index (κ1) is 16.9. The van der Waals surface area contributed by atoms with Crippen molar-refractivity contribution in [3.63, 3.8) is 0 Å². The maximum Gasteiger partial charge on any atom is 0.262 e. The van der Waals surface area contributed by atoms with Gasteiger partial charge in [0.15, 0.2) is 0 Å². The molecule has 0 atom stereocenters. The first-order valence-electron chi connectivity index (χ1n) is 8.60. The van der Waals surface area contributed by atoms with E-state index in [2.05, 4.69) is 23.3 Å². The van der Waals surface area contributed by atoms with Crippen LogP contribution >= 0.6 is 11.3 Å². The summed E-state index contributed by atoms with van der Waals surface area (Å²) >= 11 is 1.54. The lowest BCUT2D eigenvalue weighted by Gasteiger charge is -2.13. The monoisotopic (exact) mass is 345 g/mol. The maximum absolute atomic E-state index is 12.5. The van der Waals surface area contributed by atoms with Crippen molar-refractivity contribution in [2.45, 2.75) is 52.0 Å². The molecule has 1 aliphatic carbocycles. The molecule has 0 saturated carbocycles. The minimum absolute atomic E-state index is 0.0259. The van der Waals surface area contributed by atoms with Crippen LogP contribution in [0.1, 0.15) is 43.9 Å². The number of carbonyl (C=O) groups excluding carboxylic acids is 1. The molecule has 0 fully saturated rings. The number of aromatic nitrogens is 2. The number of nitrogens with one attached hydrogen (secondary N) is 1. The molecule has 3 rings (SSSR count). The summed E-state index contributed by atoms with van der Waals surface area (Å²) in [6.45, 7) is 2.71. The Balaban J connectivity index is 1.59. The van der Waals surface area contributed by atoms with Crippen LogP contribution in [0.3, 0.4) is 0 Å². The molecule has 0 aromatic carbocycles. The average molecular weight is 345 g/mol. The van der Waals surface area contributed by atoms with E-state index in [0.29, 0.717) is 11.9 Å². The second-order valence-electron chi connectivity index (χ2n) is 6.17. The Morgan fingerprint density at radius 3 is 3.04 bits per heavy atom. The molecule has 6 heteroatoms. The van der Waals surface area contributed by atoms with Crippen LogP contribution in [0, 0.1) is 0 Å². The molecular weight excluding hydrogens is 322 g/mol. The Bertz CT molecular complexity index is 819. The van der Waals surface area contributed by atoms with Crippen molar-refractivity contribution in [2.24, 2.45) is 0 Å². The minimum Gasteiger partial charge on any atom is -0.354 e. The zero-order chi connectivity index (χ0) is 16.9. The summed E-state index contributed by atoms with van der Waals surface area (Å²) in [6.07, 6.45) is 10.4. The third kappa shape index (κ3) is 3.93. The van der Waals surface area contributed by atoms with E-state index in [0.717, 1.165) is 35.4 Å². The van der Waals surface area contributed by atoms with E-state index in [-0.39, 0.29) is 18.0 Å². The van der Waals surface area contributed by atoms with Crippen LogP contribution in [0.2, 0.25) is 0 Å². The zero-order valence-electron chi connectivity index (χ0n) is 14.0. The summed E-state index contributed by atoms with van der Waals surface area (Å²) in [7, 11) is 0. The van der Waals surface area contributed by atoms with E-state index in [1.54, 1.807) is 0 Å². The van der Waals surface area contributed by atoms with E-state index in [1.807, 2.05) is 6.07 Å². The first-order valence-corrected chi connectivity index (χ1v) is 9.41. The number of rotatable bonds is 6. The quantitative estimate of drug-likeness (QED) is 0.819. The molecule has 0 unspecified atom stereocenters. The predicted octanol–water partition coefficient (Wildman–Crippen LogP) is 3.03. The first-order chi connectivity index (χ1) is 11.7. The van der Waals surface area contributed by atoms with E-state index >= 15 is 0 Å². The maximum atomic E-state index is 12.5. The van der Waals surface area contributed by atoms with Gasteiger partial charge >= 0.3 is 0 Å². The fourth-order valence-electron chi connectivity index (χ4n) is 3.00. The summed E-state index contributed by atoms with van der Waals surface area (Å²) in [6, 6.07) is 1.89. The molecule has 2 aromatic heterocycles. The highest BCUT2D eigenvalue weighted by Gasteiger charge is 2.11. The molecule has 2 aromatic rings. The van der Waals surface area contributed by atoms with Crippen molar-refractivity contribution >= 4 is 27.5 Å². The van der Waals surface area contributed by atoms with Gasteiger partial charge in [-0.25, -0.2) is 4.98 Å². The summed E-state index contributed by atoms with van der Waals surface area (Å²) in [4.78, 5) is 30.7. The molecule has 0 radical (unpaired) electrons. The molecule has 2 heterocycles.